The molecular formula is C18H12Cl2N4O. The van der Waals surface area contributed by atoms with Crippen molar-refractivity contribution in [1.82, 2.24) is 19.1 Å². The van der Waals surface area contributed by atoms with Crippen LogP contribution in [-0.4, -0.2) is 19.1 Å². The maximum absolute atomic E-state index is 12.5. The predicted octanol–water partition coefficient (Wildman–Crippen LogP) is 3.89. The minimum Gasteiger partial charge on any atom is -0.327 e. The number of hydrogen-bond donors (Lipinski definition) is 0. The van der Waals surface area contributed by atoms with Crippen molar-refractivity contribution in [3.63, 3.8) is 0 Å². The van der Waals surface area contributed by atoms with Gasteiger partial charge < -0.3 is 4.57 Å². The van der Waals surface area contributed by atoms with E-state index in [2.05, 4.69) is 9.97 Å². The van der Waals surface area contributed by atoms with Crippen molar-refractivity contribution in [3.8, 4) is 17.2 Å². The lowest BCUT2D eigenvalue weighted by molar-refractivity contribution is 0.779. The molecule has 0 radical (unpaired) electrons. The Balaban J connectivity index is 1.81. The molecule has 0 spiro atoms. The van der Waals surface area contributed by atoms with Crippen LogP contribution in [0.15, 0.2) is 65.7 Å². The summed E-state index contributed by atoms with van der Waals surface area (Å²) in [4.78, 5) is 20.8. The molecule has 2 aliphatic rings. The summed E-state index contributed by atoms with van der Waals surface area (Å²) in [7, 11) is 0. The van der Waals surface area contributed by atoms with Crippen LogP contribution in [0.1, 0.15) is 5.56 Å². The number of imidazole rings is 1. The molecule has 7 heteroatoms. The maximum Gasteiger partial charge on any atom is 0.354 e. The van der Waals surface area contributed by atoms with Crippen LogP contribution in [-0.2, 0) is 6.54 Å². The summed E-state index contributed by atoms with van der Waals surface area (Å²) in [6.07, 6.45) is 3.58. The molecule has 0 bridgehead atoms. The van der Waals surface area contributed by atoms with Gasteiger partial charge in [0.05, 0.1) is 22.9 Å². The first kappa shape index (κ1) is 15.9. The smallest absolute Gasteiger partial charge is 0.327 e. The quantitative estimate of drug-likeness (QED) is 0.514. The summed E-state index contributed by atoms with van der Waals surface area (Å²) >= 11 is 12.1. The van der Waals surface area contributed by atoms with Gasteiger partial charge in [0.2, 0.25) is 0 Å². The second kappa shape index (κ2) is 6.35. The van der Waals surface area contributed by atoms with Gasteiger partial charge in [-0.15, -0.1) is 0 Å². The molecule has 25 heavy (non-hydrogen) atoms. The van der Waals surface area contributed by atoms with Crippen molar-refractivity contribution in [2.45, 2.75) is 6.54 Å². The molecule has 0 saturated heterocycles. The van der Waals surface area contributed by atoms with Gasteiger partial charge in [-0.25, -0.2) is 9.78 Å². The number of benzene rings is 1. The molecule has 0 amide bonds. The fourth-order valence-electron chi connectivity index (χ4n) is 2.76. The molecule has 1 aromatic carbocycles. The average Bonchev–Trinajstić information content (AvgIpc) is 2.94. The third kappa shape index (κ3) is 2.92. The summed E-state index contributed by atoms with van der Waals surface area (Å²) in [5, 5.41) is 0.938. The number of pyridine rings is 2. The zero-order valence-corrected chi connectivity index (χ0v) is 14.4. The lowest BCUT2D eigenvalue weighted by Crippen LogP contribution is -2.14. The molecule has 0 saturated carbocycles. The van der Waals surface area contributed by atoms with Gasteiger partial charge in [-0.1, -0.05) is 41.4 Å². The van der Waals surface area contributed by atoms with Crippen molar-refractivity contribution < 1.29 is 0 Å². The number of halogens is 2. The second-order valence-electron chi connectivity index (χ2n) is 5.52. The number of aromatic nitrogens is 4. The largest absolute Gasteiger partial charge is 0.354 e. The van der Waals surface area contributed by atoms with Gasteiger partial charge in [-0.2, -0.15) is 4.98 Å². The normalized spacial score (nSPS) is 11.1. The van der Waals surface area contributed by atoms with Crippen molar-refractivity contribution >= 4 is 23.2 Å². The van der Waals surface area contributed by atoms with Gasteiger partial charge >= 0.3 is 5.69 Å². The van der Waals surface area contributed by atoms with E-state index in [-0.39, 0.29) is 5.69 Å². The Kier molecular flexibility index (Phi) is 4.03. The molecule has 2 aliphatic heterocycles. The predicted molar refractivity (Wildman–Crippen MR) is 97.8 cm³/mol. The van der Waals surface area contributed by atoms with E-state index in [0.717, 1.165) is 5.56 Å². The molecule has 2 aromatic rings. The Bertz CT molecular complexity index is 1070. The van der Waals surface area contributed by atoms with Gasteiger partial charge in [0, 0.05) is 12.4 Å². The summed E-state index contributed by atoms with van der Waals surface area (Å²) in [6.45, 7) is 0.528. The molecule has 3 heterocycles. The van der Waals surface area contributed by atoms with Crippen molar-refractivity contribution in [2.75, 3.05) is 0 Å². The summed E-state index contributed by atoms with van der Waals surface area (Å²) in [5.41, 5.74) is 1.91. The highest BCUT2D eigenvalue weighted by atomic mass is 35.5. The minimum atomic E-state index is -0.364. The fourth-order valence-corrected chi connectivity index (χ4v) is 3.09. The SMILES string of the molecule is O=c1nc2n(Cc3ccc(Cl)nc3)cccc-2n1-c1ccccc1Cl. The van der Waals surface area contributed by atoms with E-state index in [9.17, 15) is 4.79 Å². The summed E-state index contributed by atoms with van der Waals surface area (Å²) in [5.74, 6) is 0.586. The first-order valence-corrected chi connectivity index (χ1v) is 8.32. The molecule has 0 N–H and O–H groups in total. The number of fused-ring (bicyclic) bond motifs is 1. The second-order valence-corrected chi connectivity index (χ2v) is 6.31. The highest BCUT2D eigenvalue weighted by molar-refractivity contribution is 6.32. The Morgan fingerprint density at radius 2 is 1.84 bits per heavy atom. The Labute approximate surface area is 153 Å². The molecule has 4 rings (SSSR count). The number of rotatable bonds is 3. The van der Waals surface area contributed by atoms with Crippen LogP contribution >= 0.6 is 23.2 Å². The van der Waals surface area contributed by atoms with Crippen LogP contribution in [0.5, 0.6) is 0 Å². The van der Waals surface area contributed by atoms with E-state index in [4.69, 9.17) is 23.2 Å². The lowest BCUT2D eigenvalue weighted by atomic mass is 10.2. The first-order valence-electron chi connectivity index (χ1n) is 7.57. The lowest BCUT2D eigenvalue weighted by Gasteiger charge is -2.13. The van der Waals surface area contributed by atoms with Crippen LogP contribution in [0.2, 0.25) is 10.2 Å². The van der Waals surface area contributed by atoms with Crippen molar-refractivity contribution in [1.29, 1.82) is 0 Å². The van der Waals surface area contributed by atoms with Crippen LogP contribution in [0.3, 0.4) is 0 Å². The van der Waals surface area contributed by atoms with Gasteiger partial charge in [0.15, 0.2) is 5.82 Å². The summed E-state index contributed by atoms with van der Waals surface area (Å²) < 4.78 is 3.42. The molecule has 5 nitrogen and oxygen atoms in total. The zero-order valence-electron chi connectivity index (χ0n) is 12.9. The molecule has 1 aromatic heterocycles. The van der Waals surface area contributed by atoms with Crippen LogP contribution in [0.25, 0.3) is 17.2 Å². The number of para-hydroxylation sites is 1. The van der Waals surface area contributed by atoms with Gasteiger partial charge in [-0.05, 0) is 35.9 Å². The van der Waals surface area contributed by atoms with Crippen LogP contribution < -0.4 is 5.69 Å². The molecule has 0 unspecified atom stereocenters. The van der Waals surface area contributed by atoms with E-state index < -0.39 is 0 Å². The molecular weight excluding hydrogens is 359 g/mol. The zero-order chi connectivity index (χ0) is 17.4. The highest BCUT2D eigenvalue weighted by Crippen LogP contribution is 2.26. The van der Waals surface area contributed by atoms with Crippen molar-refractivity contribution in [2.24, 2.45) is 0 Å². The number of nitrogens with zero attached hydrogens (tertiary/aromatic N) is 4. The van der Waals surface area contributed by atoms with Gasteiger partial charge in [-0.3, -0.25) is 4.57 Å². The fraction of sp³-hybridized carbons (Fsp3) is 0.0556. The standard InChI is InChI=1S/C18H12Cl2N4O/c19-13-4-1-2-5-14(13)24-15-6-3-9-23(17(15)22-18(24)25)11-12-7-8-16(20)21-10-12/h1-10H,11H2. The molecule has 0 aliphatic carbocycles. The maximum atomic E-state index is 12.5. The third-order valence-electron chi connectivity index (χ3n) is 3.89. The summed E-state index contributed by atoms with van der Waals surface area (Å²) in [6, 6.07) is 14.6. The van der Waals surface area contributed by atoms with Crippen LogP contribution in [0, 0.1) is 0 Å². The van der Waals surface area contributed by atoms with Gasteiger partial charge in [0.25, 0.3) is 0 Å². The molecule has 0 atom stereocenters. The van der Waals surface area contributed by atoms with E-state index in [1.807, 2.05) is 41.1 Å². The van der Waals surface area contributed by atoms with Crippen LogP contribution in [0.4, 0.5) is 0 Å². The highest BCUT2D eigenvalue weighted by Gasteiger charge is 2.19. The average molecular weight is 371 g/mol. The first-order chi connectivity index (χ1) is 12.1. The molecule has 124 valence electrons. The number of hydrogen-bond acceptors (Lipinski definition) is 3. The monoisotopic (exact) mass is 370 g/mol. The topological polar surface area (TPSA) is 52.7 Å². The Morgan fingerprint density at radius 1 is 1.00 bits per heavy atom. The Morgan fingerprint density at radius 3 is 2.60 bits per heavy atom. The molecule has 0 fully saturated rings. The van der Waals surface area contributed by atoms with Crippen molar-refractivity contribution in [3.05, 3.63) is 87.1 Å². The van der Waals surface area contributed by atoms with E-state index in [1.165, 1.54) is 4.57 Å². The van der Waals surface area contributed by atoms with E-state index >= 15 is 0 Å². The Hall–Kier alpha value is -2.63. The third-order valence-corrected chi connectivity index (χ3v) is 4.43. The van der Waals surface area contributed by atoms with Gasteiger partial charge in [0.1, 0.15) is 5.15 Å². The van der Waals surface area contributed by atoms with E-state index in [1.54, 1.807) is 24.4 Å². The van der Waals surface area contributed by atoms with E-state index in [0.29, 0.717) is 33.9 Å². The minimum absolute atomic E-state index is 0.364.